The van der Waals surface area contributed by atoms with Crippen LogP contribution in [0.3, 0.4) is 0 Å². The van der Waals surface area contributed by atoms with Crippen molar-refractivity contribution < 1.29 is 4.79 Å². The Morgan fingerprint density at radius 1 is 1.00 bits per heavy atom. The number of nitrogen functional groups attached to an aromatic ring is 1. The maximum Gasteiger partial charge on any atom is 0.196 e. The second-order valence-electron chi connectivity index (χ2n) is 4.95. The Kier molecular flexibility index (Phi) is 3.59. The van der Waals surface area contributed by atoms with Gasteiger partial charge in [0.25, 0.3) is 0 Å². The standard InChI is InChI=1S/C18H15NOS/c1-12-7-9-13(10-8-12)15-11-21-18(19)16(15)17(20)14-5-3-2-4-6-14/h2-11H,19H2,1H3. The molecule has 21 heavy (non-hydrogen) atoms. The van der Waals surface area contributed by atoms with Gasteiger partial charge < -0.3 is 5.73 Å². The molecule has 0 saturated heterocycles. The lowest BCUT2D eigenvalue weighted by atomic mass is 9.97. The van der Waals surface area contributed by atoms with E-state index in [9.17, 15) is 4.79 Å². The molecule has 0 aliphatic carbocycles. The van der Waals surface area contributed by atoms with Crippen molar-refractivity contribution in [1.82, 2.24) is 0 Å². The molecule has 3 rings (SSSR count). The zero-order valence-electron chi connectivity index (χ0n) is 11.7. The fourth-order valence-corrected chi connectivity index (χ4v) is 3.11. The van der Waals surface area contributed by atoms with E-state index in [1.54, 1.807) is 0 Å². The average Bonchev–Trinajstić information content (AvgIpc) is 2.90. The minimum absolute atomic E-state index is 0.0232. The molecule has 104 valence electrons. The number of rotatable bonds is 3. The summed E-state index contributed by atoms with van der Waals surface area (Å²) < 4.78 is 0. The summed E-state index contributed by atoms with van der Waals surface area (Å²) in [5, 5.41) is 2.52. The lowest BCUT2D eigenvalue weighted by Crippen LogP contribution is -2.04. The number of thiophene rings is 1. The van der Waals surface area contributed by atoms with Crippen LogP contribution in [0.15, 0.2) is 60.0 Å². The average molecular weight is 293 g/mol. The summed E-state index contributed by atoms with van der Waals surface area (Å²) in [6, 6.07) is 17.4. The highest BCUT2D eigenvalue weighted by Crippen LogP contribution is 2.35. The SMILES string of the molecule is Cc1ccc(-c2csc(N)c2C(=O)c2ccccc2)cc1. The largest absolute Gasteiger partial charge is 0.390 e. The molecule has 0 fully saturated rings. The van der Waals surface area contributed by atoms with Crippen molar-refractivity contribution in [3.63, 3.8) is 0 Å². The van der Waals surface area contributed by atoms with Crippen molar-refractivity contribution in [2.45, 2.75) is 6.92 Å². The van der Waals surface area contributed by atoms with E-state index in [1.807, 2.05) is 66.9 Å². The summed E-state index contributed by atoms with van der Waals surface area (Å²) in [4.78, 5) is 12.7. The number of carbonyl (C=O) groups is 1. The van der Waals surface area contributed by atoms with Gasteiger partial charge in [0.1, 0.15) is 0 Å². The van der Waals surface area contributed by atoms with E-state index in [0.29, 0.717) is 16.1 Å². The Bertz CT molecular complexity index is 773. The lowest BCUT2D eigenvalue weighted by Gasteiger charge is -2.06. The molecule has 0 unspecified atom stereocenters. The van der Waals surface area contributed by atoms with Crippen LogP contribution in [0.1, 0.15) is 21.5 Å². The lowest BCUT2D eigenvalue weighted by molar-refractivity contribution is 0.104. The highest BCUT2D eigenvalue weighted by Gasteiger charge is 2.19. The third-order valence-corrected chi connectivity index (χ3v) is 4.26. The fourth-order valence-electron chi connectivity index (χ4n) is 2.29. The third kappa shape index (κ3) is 2.60. The predicted octanol–water partition coefficient (Wildman–Crippen LogP) is 4.54. The number of nitrogens with two attached hydrogens (primary N) is 1. The normalized spacial score (nSPS) is 10.5. The van der Waals surface area contributed by atoms with Gasteiger partial charge in [0.05, 0.1) is 10.6 Å². The van der Waals surface area contributed by atoms with Gasteiger partial charge in [-0.1, -0.05) is 60.2 Å². The van der Waals surface area contributed by atoms with Crippen molar-refractivity contribution in [1.29, 1.82) is 0 Å². The Hall–Kier alpha value is -2.39. The van der Waals surface area contributed by atoms with Gasteiger partial charge >= 0.3 is 0 Å². The first-order valence-electron chi connectivity index (χ1n) is 6.70. The minimum atomic E-state index is -0.0232. The summed E-state index contributed by atoms with van der Waals surface area (Å²) in [5.74, 6) is -0.0232. The molecule has 1 heterocycles. The van der Waals surface area contributed by atoms with Gasteiger partial charge in [0, 0.05) is 16.5 Å². The van der Waals surface area contributed by atoms with E-state index in [-0.39, 0.29) is 5.78 Å². The molecular formula is C18H15NOS. The van der Waals surface area contributed by atoms with E-state index in [2.05, 4.69) is 0 Å². The Labute approximate surface area is 127 Å². The maximum absolute atomic E-state index is 12.7. The van der Waals surface area contributed by atoms with Crippen molar-refractivity contribution in [2.75, 3.05) is 5.73 Å². The van der Waals surface area contributed by atoms with E-state index < -0.39 is 0 Å². The Morgan fingerprint density at radius 2 is 1.67 bits per heavy atom. The second-order valence-corrected chi connectivity index (χ2v) is 5.86. The Balaban J connectivity index is 2.09. The monoisotopic (exact) mass is 293 g/mol. The van der Waals surface area contributed by atoms with E-state index in [0.717, 1.165) is 11.1 Å². The molecule has 2 nitrogen and oxygen atoms in total. The van der Waals surface area contributed by atoms with Gasteiger partial charge in [-0.05, 0) is 12.5 Å². The Morgan fingerprint density at radius 3 is 2.33 bits per heavy atom. The number of ketones is 1. The highest BCUT2D eigenvalue weighted by molar-refractivity contribution is 7.15. The molecule has 0 bridgehead atoms. The third-order valence-electron chi connectivity index (χ3n) is 3.45. The maximum atomic E-state index is 12.7. The molecule has 1 aromatic heterocycles. The van der Waals surface area contributed by atoms with Crippen LogP contribution in [-0.2, 0) is 0 Å². The minimum Gasteiger partial charge on any atom is -0.390 e. The zero-order valence-corrected chi connectivity index (χ0v) is 12.5. The summed E-state index contributed by atoms with van der Waals surface area (Å²) in [5.41, 5.74) is 10.4. The van der Waals surface area contributed by atoms with Gasteiger partial charge in [-0.25, -0.2) is 0 Å². The van der Waals surface area contributed by atoms with Crippen LogP contribution >= 0.6 is 11.3 Å². The predicted molar refractivity (Wildman–Crippen MR) is 88.8 cm³/mol. The van der Waals surface area contributed by atoms with E-state index in [4.69, 9.17) is 5.73 Å². The van der Waals surface area contributed by atoms with Crippen molar-refractivity contribution in [3.8, 4) is 11.1 Å². The summed E-state index contributed by atoms with van der Waals surface area (Å²) in [7, 11) is 0. The van der Waals surface area contributed by atoms with Gasteiger partial charge in [-0.2, -0.15) is 0 Å². The number of aryl methyl sites for hydroxylation is 1. The summed E-state index contributed by atoms with van der Waals surface area (Å²) in [6.45, 7) is 2.04. The molecule has 0 atom stereocenters. The van der Waals surface area contributed by atoms with Crippen LogP contribution < -0.4 is 5.73 Å². The molecule has 2 N–H and O–H groups in total. The second kappa shape index (κ2) is 5.54. The summed E-state index contributed by atoms with van der Waals surface area (Å²) >= 11 is 1.41. The molecule has 0 aliphatic heterocycles. The molecule has 3 aromatic rings. The van der Waals surface area contributed by atoms with E-state index >= 15 is 0 Å². The molecule has 0 amide bonds. The number of hydrogen-bond acceptors (Lipinski definition) is 3. The number of benzene rings is 2. The van der Waals surface area contributed by atoms with Crippen molar-refractivity contribution >= 4 is 22.1 Å². The number of carbonyl (C=O) groups excluding carboxylic acids is 1. The van der Waals surface area contributed by atoms with Gasteiger partial charge in [0.15, 0.2) is 5.78 Å². The molecule has 0 saturated carbocycles. The van der Waals surface area contributed by atoms with Crippen LogP contribution in [0.25, 0.3) is 11.1 Å². The fraction of sp³-hybridized carbons (Fsp3) is 0.0556. The number of hydrogen-bond donors (Lipinski definition) is 1. The van der Waals surface area contributed by atoms with Crippen LogP contribution in [0.4, 0.5) is 5.00 Å². The first kappa shape index (κ1) is 13.6. The van der Waals surface area contributed by atoms with Crippen molar-refractivity contribution in [3.05, 3.63) is 76.7 Å². The van der Waals surface area contributed by atoms with Gasteiger partial charge in [-0.3, -0.25) is 4.79 Å². The molecule has 0 aliphatic rings. The van der Waals surface area contributed by atoms with Gasteiger partial charge in [-0.15, -0.1) is 11.3 Å². The topological polar surface area (TPSA) is 43.1 Å². The van der Waals surface area contributed by atoms with Crippen LogP contribution in [-0.4, -0.2) is 5.78 Å². The molecule has 0 radical (unpaired) electrons. The van der Waals surface area contributed by atoms with Gasteiger partial charge in [0.2, 0.25) is 0 Å². The summed E-state index contributed by atoms with van der Waals surface area (Å²) in [6.07, 6.45) is 0. The molecule has 0 spiro atoms. The molecule has 2 aromatic carbocycles. The smallest absolute Gasteiger partial charge is 0.196 e. The van der Waals surface area contributed by atoms with E-state index in [1.165, 1.54) is 16.9 Å². The van der Waals surface area contributed by atoms with Crippen LogP contribution in [0, 0.1) is 6.92 Å². The molecule has 3 heteroatoms. The van der Waals surface area contributed by atoms with Crippen molar-refractivity contribution in [2.24, 2.45) is 0 Å². The first-order valence-corrected chi connectivity index (χ1v) is 7.58. The molecular weight excluding hydrogens is 278 g/mol. The highest BCUT2D eigenvalue weighted by atomic mass is 32.1. The quantitative estimate of drug-likeness (QED) is 0.721. The van der Waals surface area contributed by atoms with Crippen LogP contribution in [0.2, 0.25) is 0 Å². The zero-order chi connectivity index (χ0) is 14.8. The van der Waals surface area contributed by atoms with Crippen LogP contribution in [0.5, 0.6) is 0 Å². The number of anilines is 1. The first-order chi connectivity index (χ1) is 10.2.